The molecule has 0 aromatic heterocycles. The highest BCUT2D eigenvalue weighted by atomic mass is 16.5. The summed E-state index contributed by atoms with van der Waals surface area (Å²) < 4.78 is 5.55. The zero-order chi connectivity index (χ0) is 15.8. The summed E-state index contributed by atoms with van der Waals surface area (Å²) in [6.45, 7) is 8.00. The maximum absolute atomic E-state index is 11.8. The summed E-state index contributed by atoms with van der Waals surface area (Å²) in [4.78, 5) is 23.5. The molecule has 2 amide bonds. The van der Waals surface area contributed by atoms with Crippen LogP contribution in [0.5, 0.6) is 5.75 Å². The van der Waals surface area contributed by atoms with E-state index in [0.29, 0.717) is 6.54 Å². The summed E-state index contributed by atoms with van der Waals surface area (Å²) in [5, 5.41) is 5.36. The number of benzene rings is 1. The number of carbonyl (C=O) groups is 2. The fraction of sp³-hybridized carbons (Fsp3) is 0.500. The van der Waals surface area contributed by atoms with Gasteiger partial charge in [-0.1, -0.05) is 25.1 Å². The molecule has 5 heteroatoms. The van der Waals surface area contributed by atoms with Crippen molar-refractivity contribution >= 4 is 11.8 Å². The zero-order valence-corrected chi connectivity index (χ0v) is 13.2. The van der Waals surface area contributed by atoms with Crippen LogP contribution in [0.3, 0.4) is 0 Å². The topological polar surface area (TPSA) is 67.4 Å². The first kappa shape index (κ1) is 17.0. The Kier molecular flexibility index (Phi) is 6.72. The largest absolute Gasteiger partial charge is 0.483 e. The molecule has 2 N–H and O–H groups in total. The molecule has 0 aliphatic carbocycles. The maximum atomic E-state index is 11.8. The lowest BCUT2D eigenvalue weighted by molar-refractivity contribution is -0.129. The monoisotopic (exact) mass is 292 g/mol. The Labute approximate surface area is 126 Å². The lowest BCUT2D eigenvalue weighted by Crippen LogP contribution is -2.46. The number of amides is 2. The van der Waals surface area contributed by atoms with Crippen LogP contribution >= 0.6 is 0 Å². The van der Waals surface area contributed by atoms with Gasteiger partial charge in [0.1, 0.15) is 11.8 Å². The summed E-state index contributed by atoms with van der Waals surface area (Å²) in [6, 6.07) is 5.24. The molecule has 0 unspecified atom stereocenters. The van der Waals surface area contributed by atoms with Gasteiger partial charge in [-0.05, 0) is 38.3 Å². The van der Waals surface area contributed by atoms with Crippen LogP contribution in [0.2, 0.25) is 0 Å². The SMILES string of the molecule is CCCNC(=O)[C@H](C)NC(=O)COc1c(C)cccc1C. The minimum atomic E-state index is -0.564. The lowest BCUT2D eigenvalue weighted by Gasteiger charge is -2.15. The van der Waals surface area contributed by atoms with E-state index >= 15 is 0 Å². The van der Waals surface area contributed by atoms with Crippen LogP contribution in [0.15, 0.2) is 18.2 Å². The Balaban J connectivity index is 2.46. The minimum absolute atomic E-state index is 0.100. The highest BCUT2D eigenvalue weighted by molar-refractivity contribution is 5.87. The van der Waals surface area contributed by atoms with Crippen LogP contribution in [-0.4, -0.2) is 31.0 Å². The van der Waals surface area contributed by atoms with Gasteiger partial charge in [0, 0.05) is 6.54 Å². The van der Waals surface area contributed by atoms with Crippen molar-refractivity contribution < 1.29 is 14.3 Å². The number of ether oxygens (including phenoxy) is 1. The van der Waals surface area contributed by atoms with Crippen molar-refractivity contribution in [1.29, 1.82) is 0 Å². The Bertz CT molecular complexity index is 480. The number of nitrogens with one attached hydrogen (secondary N) is 2. The molecule has 21 heavy (non-hydrogen) atoms. The van der Waals surface area contributed by atoms with Crippen molar-refractivity contribution in [2.45, 2.75) is 40.2 Å². The first-order chi connectivity index (χ1) is 9.95. The van der Waals surface area contributed by atoms with Gasteiger partial charge in [0.05, 0.1) is 0 Å². The van der Waals surface area contributed by atoms with Crippen LogP contribution in [0.4, 0.5) is 0 Å². The second kappa shape index (κ2) is 8.29. The zero-order valence-electron chi connectivity index (χ0n) is 13.2. The van der Waals surface area contributed by atoms with Gasteiger partial charge in [-0.15, -0.1) is 0 Å². The fourth-order valence-corrected chi connectivity index (χ4v) is 1.91. The summed E-state index contributed by atoms with van der Waals surface area (Å²) in [7, 11) is 0. The molecule has 1 atom stereocenters. The minimum Gasteiger partial charge on any atom is -0.483 e. The van der Waals surface area contributed by atoms with Crippen molar-refractivity contribution in [3.05, 3.63) is 29.3 Å². The van der Waals surface area contributed by atoms with Gasteiger partial charge in [0.15, 0.2) is 6.61 Å². The van der Waals surface area contributed by atoms with Crippen molar-refractivity contribution in [3.8, 4) is 5.75 Å². The molecule has 116 valence electrons. The van der Waals surface area contributed by atoms with Crippen LogP contribution < -0.4 is 15.4 Å². The molecule has 0 aliphatic heterocycles. The van der Waals surface area contributed by atoms with E-state index in [1.807, 2.05) is 39.0 Å². The molecular formula is C16H24N2O3. The van der Waals surface area contributed by atoms with Crippen LogP contribution in [0.1, 0.15) is 31.4 Å². The summed E-state index contributed by atoms with van der Waals surface area (Å²) >= 11 is 0. The number of aryl methyl sites for hydroxylation is 2. The van der Waals surface area contributed by atoms with Crippen molar-refractivity contribution in [3.63, 3.8) is 0 Å². The molecule has 0 saturated carbocycles. The third-order valence-corrected chi connectivity index (χ3v) is 3.08. The molecule has 1 aromatic rings. The molecule has 0 fully saturated rings. The fourth-order valence-electron chi connectivity index (χ4n) is 1.91. The standard InChI is InChI=1S/C16H24N2O3/c1-5-9-17-16(20)13(4)18-14(19)10-21-15-11(2)7-6-8-12(15)3/h6-8,13H,5,9-10H2,1-4H3,(H,17,20)(H,18,19)/t13-/m0/s1. The molecule has 0 aliphatic rings. The van der Waals surface area contributed by atoms with E-state index in [1.54, 1.807) is 6.92 Å². The molecule has 5 nitrogen and oxygen atoms in total. The van der Waals surface area contributed by atoms with Crippen LogP contribution in [0.25, 0.3) is 0 Å². The first-order valence-electron chi connectivity index (χ1n) is 7.21. The Morgan fingerprint density at radius 3 is 2.43 bits per heavy atom. The van der Waals surface area contributed by atoms with Gasteiger partial charge in [0.2, 0.25) is 5.91 Å². The van der Waals surface area contributed by atoms with Crippen molar-refractivity contribution in [2.24, 2.45) is 0 Å². The second-order valence-electron chi connectivity index (χ2n) is 5.09. The predicted molar refractivity (Wildman–Crippen MR) is 82.3 cm³/mol. The average Bonchev–Trinajstić information content (AvgIpc) is 2.44. The number of rotatable bonds is 7. The number of carbonyl (C=O) groups excluding carboxylic acids is 2. The van der Waals surface area contributed by atoms with Gasteiger partial charge in [0.25, 0.3) is 5.91 Å². The number of para-hydroxylation sites is 1. The summed E-state index contributed by atoms with van der Waals surface area (Å²) in [5.74, 6) is 0.227. The summed E-state index contributed by atoms with van der Waals surface area (Å²) in [5.41, 5.74) is 1.97. The first-order valence-corrected chi connectivity index (χ1v) is 7.21. The summed E-state index contributed by atoms with van der Waals surface area (Å²) in [6.07, 6.45) is 0.863. The van der Waals surface area contributed by atoms with Crippen LogP contribution in [0, 0.1) is 13.8 Å². The second-order valence-corrected chi connectivity index (χ2v) is 5.09. The Morgan fingerprint density at radius 1 is 1.24 bits per heavy atom. The lowest BCUT2D eigenvalue weighted by atomic mass is 10.1. The molecular weight excluding hydrogens is 268 g/mol. The van der Waals surface area contributed by atoms with E-state index in [0.717, 1.165) is 23.3 Å². The van der Waals surface area contributed by atoms with E-state index in [-0.39, 0.29) is 18.4 Å². The highest BCUT2D eigenvalue weighted by Gasteiger charge is 2.15. The smallest absolute Gasteiger partial charge is 0.258 e. The van der Waals surface area contributed by atoms with Crippen molar-refractivity contribution in [1.82, 2.24) is 10.6 Å². The Morgan fingerprint density at radius 2 is 1.86 bits per heavy atom. The van der Waals surface area contributed by atoms with E-state index in [9.17, 15) is 9.59 Å². The molecule has 0 heterocycles. The van der Waals surface area contributed by atoms with Gasteiger partial charge >= 0.3 is 0 Å². The molecule has 1 aromatic carbocycles. The normalized spacial score (nSPS) is 11.6. The van der Waals surface area contributed by atoms with E-state index in [2.05, 4.69) is 10.6 Å². The predicted octanol–water partition coefficient (Wildman–Crippen LogP) is 1.71. The van der Waals surface area contributed by atoms with Gasteiger partial charge in [-0.25, -0.2) is 0 Å². The molecule has 0 saturated heterocycles. The maximum Gasteiger partial charge on any atom is 0.258 e. The van der Waals surface area contributed by atoms with E-state index < -0.39 is 6.04 Å². The van der Waals surface area contributed by atoms with E-state index in [1.165, 1.54) is 0 Å². The number of hydrogen-bond acceptors (Lipinski definition) is 3. The molecule has 0 radical (unpaired) electrons. The van der Waals surface area contributed by atoms with E-state index in [4.69, 9.17) is 4.74 Å². The third-order valence-electron chi connectivity index (χ3n) is 3.08. The Hall–Kier alpha value is -2.04. The van der Waals surface area contributed by atoms with Gasteiger partial charge in [-0.3, -0.25) is 9.59 Å². The third kappa shape index (κ3) is 5.45. The highest BCUT2D eigenvalue weighted by Crippen LogP contribution is 2.21. The van der Waals surface area contributed by atoms with Gasteiger partial charge in [-0.2, -0.15) is 0 Å². The quantitative estimate of drug-likeness (QED) is 0.804. The molecule has 0 bridgehead atoms. The van der Waals surface area contributed by atoms with Gasteiger partial charge < -0.3 is 15.4 Å². The molecule has 0 spiro atoms. The molecule has 1 rings (SSSR count). The van der Waals surface area contributed by atoms with Crippen LogP contribution in [-0.2, 0) is 9.59 Å². The van der Waals surface area contributed by atoms with Crippen molar-refractivity contribution in [2.75, 3.05) is 13.2 Å². The average molecular weight is 292 g/mol. The number of hydrogen-bond donors (Lipinski definition) is 2.